The third-order valence-corrected chi connectivity index (χ3v) is 2.59. The lowest BCUT2D eigenvalue weighted by Gasteiger charge is -2.24. The van der Waals surface area contributed by atoms with Gasteiger partial charge in [0.25, 0.3) is 0 Å². The molecular weight excluding hydrogens is 226 g/mol. The maximum Gasteiger partial charge on any atom is 0.133 e. The van der Waals surface area contributed by atoms with Crippen LogP contribution >= 0.6 is 0 Å². The number of aromatic nitrogens is 1. The summed E-state index contributed by atoms with van der Waals surface area (Å²) >= 11 is 0. The lowest BCUT2D eigenvalue weighted by atomic mass is 10.2. The van der Waals surface area contributed by atoms with Gasteiger partial charge in [0.1, 0.15) is 5.82 Å². The van der Waals surface area contributed by atoms with Crippen LogP contribution in [0.5, 0.6) is 0 Å². The molecule has 0 bridgehead atoms. The monoisotopic (exact) mass is 249 g/mol. The molecule has 1 rings (SSSR count). The molecular formula is C14H23N3O. The summed E-state index contributed by atoms with van der Waals surface area (Å²) in [5.74, 6) is 0.916. The topological polar surface area (TPSA) is 48.4 Å². The Hall–Kier alpha value is -1.39. The van der Waals surface area contributed by atoms with Crippen molar-refractivity contribution < 1.29 is 5.11 Å². The number of aliphatic hydroxyl groups excluding tert-OH is 1. The van der Waals surface area contributed by atoms with Crippen molar-refractivity contribution in [2.24, 2.45) is 0 Å². The molecule has 1 aromatic rings. The minimum Gasteiger partial charge on any atom is -0.395 e. The fraction of sp³-hybridized carbons (Fsp3) is 0.500. The smallest absolute Gasteiger partial charge is 0.133 e. The van der Waals surface area contributed by atoms with E-state index in [-0.39, 0.29) is 6.61 Å². The molecule has 0 saturated carbocycles. The van der Waals surface area contributed by atoms with Gasteiger partial charge in [-0.25, -0.2) is 4.98 Å². The van der Waals surface area contributed by atoms with Crippen LogP contribution in [0, 0.1) is 0 Å². The minimum atomic E-state index is 0.113. The quantitative estimate of drug-likeness (QED) is 0.687. The highest BCUT2D eigenvalue weighted by molar-refractivity contribution is 5.47. The number of pyridine rings is 1. The van der Waals surface area contributed by atoms with E-state index < -0.39 is 0 Å². The molecule has 0 unspecified atom stereocenters. The van der Waals surface area contributed by atoms with Gasteiger partial charge >= 0.3 is 0 Å². The molecule has 1 heterocycles. The van der Waals surface area contributed by atoms with Gasteiger partial charge in [-0.05, 0) is 6.07 Å². The van der Waals surface area contributed by atoms with Gasteiger partial charge in [0, 0.05) is 37.4 Å². The number of hydrogen-bond acceptors (Lipinski definition) is 4. The zero-order chi connectivity index (χ0) is 13.4. The van der Waals surface area contributed by atoms with E-state index in [0.29, 0.717) is 19.1 Å². The van der Waals surface area contributed by atoms with E-state index in [4.69, 9.17) is 5.11 Å². The first-order chi connectivity index (χ1) is 8.69. The standard InChI is InChI=1S/C14H23N3O/c1-4-8-17(9-10-18)14-13(6-5-7-15-14)11-16-12(2)3/h4-7,12,16,18H,1,8-11H2,2-3H3. The first kappa shape index (κ1) is 14.7. The highest BCUT2D eigenvalue weighted by Gasteiger charge is 2.10. The highest BCUT2D eigenvalue weighted by atomic mass is 16.3. The fourth-order valence-electron chi connectivity index (χ4n) is 1.73. The average Bonchev–Trinajstić information content (AvgIpc) is 2.36. The largest absolute Gasteiger partial charge is 0.395 e. The molecule has 100 valence electrons. The van der Waals surface area contributed by atoms with Crippen molar-refractivity contribution in [1.29, 1.82) is 0 Å². The van der Waals surface area contributed by atoms with Crippen molar-refractivity contribution in [1.82, 2.24) is 10.3 Å². The van der Waals surface area contributed by atoms with Crippen molar-refractivity contribution in [3.63, 3.8) is 0 Å². The minimum absolute atomic E-state index is 0.113. The molecule has 2 N–H and O–H groups in total. The molecule has 0 radical (unpaired) electrons. The molecule has 0 aliphatic rings. The number of hydrogen-bond donors (Lipinski definition) is 2. The van der Waals surface area contributed by atoms with Gasteiger partial charge in [0.2, 0.25) is 0 Å². The second-order valence-electron chi connectivity index (χ2n) is 4.48. The van der Waals surface area contributed by atoms with Gasteiger partial charge in [-0.1, -0.05) is 26.0 Å². The number of anilines is 1. The number of rotatable bonds is 8. The third-order valence-electron chi connectivity index (χ3n) is 2.59. The van der Waals surface area contributed by atoms with Gasteiger partial charge in [0.05, 0.1) is 6.61 Å². The molecule has 0 amide bonds. The first-order valence-electron chi connectivity index (χ1n) is 6.33. The summed E-state index contributed by atoms with van der Waals surface area (Å²) in [6.07, 6.45) is 3.60. The summed E-state index contributed by atoms with van der Waals surface area (Å²) in [6, 6.07) is 4.43. The van der Waals surface area contributed by atoms with Crippen LogP contribution in [0.1, 0.15) is 19.4 Å². The molecule has 4 heteroatoms. The Labute approximate surface area is 109 Å². The second kappa shape index (κ2) is 7.84. The molecule has 0 aliphatic carbocycles. The maximum atomic E-state index is 9.11. The lowest BCUT2D eigenvalue weighted by Crippen LogP contribution is -2.30. The van der Waals surface area contributed by atoms with Crippen molar-refractivity contribution in [3.8, 4) is 0 Å². The predicted molar refractivity (Wildman–Crippen MR) is 75.7 cm³/mol. The highest BCUT2D eigenvalue weighted by Crippen LogP contribution is 2.16. The van der Waals surface area contributed by atoms with Crippen LogP contribution in [-0.2, 0) is 6.54 Å². The summed E-state index contributed by atoms with van der Waals surface area (Å²) in [4.78, 5) is 6.45. The normalized spacial score (nSPS) is 10.7. The Kier molecular flexibility index (Phi) is 6.39. The predicted octanol–water partition coefficient (Wildman–Crippen LogP) is 1.56. The molecule has 0 spiro atoms. The van der Waals surface area contributed by atoms with Crippen LogP contribution < -0.4 is 10.2 Å². The molecule has 0 atom stereocenters. The SMILES string of the molecule is C=CCN(CCO)c1ncccc1CNC(C)C. The molecule has 4 nitrogen and oxygen atoms in total. The fourth-order valence-corrected chi connectivity index (χ4v) is 1.73. The summed E-state index contributed by atoms with van der Waals surface area (Å²) in [5.41, 5.74) is 1.14. The van der Waals surface area contributed by atoms with Gasteiger partial charge in [-0.15, -0.1) is 6.58 Å². The Bertz CT molecular complexity index is 366. The summed E-state index contributed by atoms with van der Waals surface area (Å²) in [7, 11) is 0. The van der Waals surface area contributed by atoms with Crippen LogP contribution in [-0.4, -0.2) is 35.8 Å². The van der Waals surface area contributed by atoms with Crippen LogP contribution in [0.3, 0.4) is 0 Å². The van der Waals surface area contributed by atoms with Crippen molar-refractivity contribution in [2.45, 2.75) is 26.4 Å². The maximum absolute atomic E-state index is 9.11. The van der Waals surface area contributed by atoms with Crippen molar-refractivity contribution >= 4 is 5.82 Å². The van der Waals surface area contributed by atoms with E-state index in [1.54, 1.807) is 6.20 Å². The molecule has 18 heavy (non-hydrogen) atoms. The molecule has 0 aliphatic heterocycles. The van der Waals surface area contributed by atoms with Gasteiger partial charge in [0.15, 0.2) is 0 Å². The third kappa shape index (κ3) is 4.47. The summed E-state index contributed by atoms with van der Waals surface area (Å²) < 4.78 is 0. The molecule has 0 aromatic carbocycles. The zero-order valence-electron chi connectivity index (χ0n) is 11.3. The molecule has 0 saturated heterocycles. The van der Waals surface area contributed by atoms with Crippen LogP contribution in [0.4, 0.5) is 5.82 Å². The molecule has 0 fully saturated rings. The van der Waals surface area contributed by atoms with E-state index in [9.17, 15) is 0 Å². The van der Waals surface area contributed by atoms with E-state index in [0.717, 1.165) is 17.9 Å². The Balaban J connectivity index is 2.86. The Morgan fingerprint density at radius 2 is 2.33 bits per heavy atom. The lowest BCUT2D eigenvalue weighted by molar-refractivity contribution is 0.302. The summed E-state index contributed by atoms with van der Waals surface area (Å²) in [5, 5.41) is 12.5. The van der Waals surface area contributed by atoms with Crippen molar-refractivity contribution in [3.05, 3.63) is 36.5 Å². The Morgan fingerprint density at radius 3 is 2.94 bits per heavy atom. The second-order valence-corrected chi connectivity index (χ2v) is 4.48. The number of aliphatic hydroxyl groups is 1. The van der Waals surface area contributed by atoms with Gasteiger partial charge in [-0.3, -0.25) is 0 Å². The van der Waals surface area contributed by atoms with Crippen LogP contribution in [0.2, 0.25) is 0 Å². The Morgan fingerprint density at radius 1 is 1.56 bits per heavy atom. The number of nitrogens with one attached hydrogen (secondary N) is 1. The van der Waals surface area contributed by atoms with E-state index >= 15 is 0 Å². The van der Waals surface area contributed by atoms with E-state index in [2.05, 4.69) is 36.8 Å². The number of nitrogens with zero attached hydrogens (tertiary/aromatic N) is 2. The van der Waals surface area contributed by atoms with Gasteiger partial charge in [-0.2, -0.15) is 0 Å². The van der Waals surface area contributed by atoms with E-state index in [1.807, 2.05) is 17.0 Å². The van der Waals surface area contributed by atoms with Gasteiger partial charge < -0.3 is 15.3 Å². The van der Waals surface area contributed by atoms with E-state index in [1.165, 1.54) is 0 Å². The zero-order valence-corrected chi connectivity index (χ0v) is 11.3. The molecule has 1 aromatic heterocycles. The summed E-state index contributed by atoms with van der Waals surface area (Å²) in [6.45, 7) is 10.1. The van der Waals surface area contributed by atoms with Crippen LogP contribution in [0.15, 0.2) is 31.0 Å². The average molecular weight is 249 g/mol. The van der Waals surface area contributed by atoms with Crippen molar-refractivity contribution in [2.75, 3.05) is 24.6 Å². The first-order valence-corrected chi connectivity index (χ1v) is 6.33. The van der Waals surface area contributed by atoms with Crippen LogP contribution in [0.25, 0.3) is 0 Å².